The van der Waals surface area contributed by atoms with Gasteiger partial charge in [0.2, 0.25) is 0 Å². The molecule has 3 rings (SSSR count). The van der Waals surface area contributed by atoms with Gasteiger partial charge in [0.25, 0.3) is 11.8 Å². The van der Waals surface area contributed by atoms with Crippen LogP contribution < -0.4 is 5.48 Å². The minimum absolute atomic E-state index is 0.0366. The van der Waals surface area contributed by atoms with Crippen molar-refractivity contribution in [1.29, 1.82) is 0 Å². The molecule has 3 heterocycles. The summed E-state index contributed by atoms with van der Waals surface area (Å²) >= 11 is 0. The molecule has 0 aromatic carbocycles. The van der Waals surface area contributed by atoms with Gasteiger partial charge in [-0.1, -0.05) is 6.08 Å². The Hall–Kier alpha value is -3.07. The van der Waals surface area contributed by atoms with Gasteiger partial charge in [-0.05, 0) is 40.2 Å². The minimum Gasteiger partial charge on any atom is -0.462 e. The van der Waals surface area contributed by atoms with E-state index >= 15 is 0 Å². The van der Waals surface area contributed by atoms with E-state index in [1.54, 1.807) is 27.7 Å². The molecule has 0 radical (unpaired) electrons. The molecule has 1 N–H and O–H groups in total. The summed E-state index contributed by atoms with van der Waals surface area (Å²) in [5, 5.41) is 0.651. The van der Waals surface area contributed by atoms with Crippen LogP contribution in [-0.2, 0) is 28.7 Å². The quantitative estimate of drug-likeness (QED) is 0.283. The van der Waals surface area contributed by atoms with Crippen LogP contribution in [0, 0.1) is 0 Å². The van der Waals surface area contributed by atoms with Crippen molar-refractivity contribution < 1.29 is 51.5 Å². The zero-order valence-electron chi connectivity index (χ0n) is 21.2. The van der Waals surface area contributed by atoms with Crippen LogP contribution in [0.2, 0.25) is 0 Å². The number of hydrogen-bond donors (Lipinski definition) is 1. The zero-order chi connectivity index (χ0) is 27.7. The summed E-state index contributed by atoms with van der Waals surface area (Å²) in [5.74, 6) is -5.25. The molecule has 0 aliphatic carbocycles. The van der Waals surface area contributed by atoms with E-state index in [0.717, 1.165) is 9.80 Å². The van der Waals surface area contributed by atoms with Crippen molar-refractivity contribution in [2.45, 2.75) is 77.0 Å². The molecular formula is C22H31F3N4O8. The number of carbonyl (C=O) groups is 4. The Morgan fingerprint density at radius 2 is 1.95 bits per heavy atom. The predicted molar refractivity (Wildman–Crippen MR) is 118 cm³/mol. The smallest absolute Gasteiger partial charge is 0.410 e. The number of esters is 1. The molecule has 208 valence electrons. The fraction of sp³-hybridized carbons (Fsp3) is 0.727. The summed E-state index contributed by atoms with van der Waals surface area (Å²) in [6.07, 6.45) is -2.65. The number of carbonyl (C=O) groups excluding carboxylic acids is 4. The highest BCUT2D eigenvalue weighted by Crippen LogP contribution is 2.33. The van der Waals surface area contributed by atoms with Gasteiger partial charge in [0.15, 0.2) is 0 Å². The minimum atomic E-state index is -3.16. The lowest BCUT2D eigenvalue weighted by Gasteiger charge is -2.30. The van der Waals surface area contributed by atoms with Crippen LogP contribution in [0.5, 0.6) is 0 Å². The third kappa shape index (κ3) is 6.63. The molecular weight excluding hydrogens is 505 g/mol. The monoisotopic (exact) mass is 536 g/mol. The maximum atomic E-state index is 14.0. The van der Waals surface area contributed by atoms with Gasteiger partial charge in [-0.25, -0.2) is 37.9 Å². The number of hydroxylamine groups is 3. The first kappa shape index (κ1) is 28.5. The maximum absolute atomic E-state index is 14.0. The van der Waals surface area contributed by atoms with Crippen molar-refractivity contribution in [2.75, 3.05) is 26.3 Å². The fourth-order valence-electron chi connectivity index (χ4n) is 4.27. The zero-order valence-corrected chi connectivity index (χ0v) is 21.2. The van der Waals surface area contributed by atoms with E-state index < -0.39 is 79.6 Å². The molecule has 0 saturated carbocycles. The van der Waals surface area contributed by atoms with Crippen LogP contribution in [0.15, 0.2) is 11.6 Å². The van der Waals surface area contributed by atoms with Gasteiger partial charge in [0.1, 0.15) is 11.6 Å². The van der Waals surface area contributed by atoms with Crippen LogP contribution in [0.4, 0.5) is 22.8 Å². The van der Waals surface area contributed by atoms with Gasteiger partial charge < -0.3 is 14.4 Å². The molecule has 3 aliphatic heterocycles. The van der Waals surface area contributed by atoms with Crippen molar-refractivity contribution in [2.24, 2.45) is 0 Å². The van der Waals surface area contributed by atoms with Gasteiger partial charge in [-0.2, -0.15) is 5.06 Å². The SMILES string of the molecule is CCOC(=O)[C@H](F)ON1C(=O)N2C[C@H]1C=C(C)[C@H]2C(=O)NOC[C@@H]1CC(F)(F)CN1C(=O)OC(C)(C)C. The van der Waals surface area contributed by atoms with Crippen LogP contribution in [-0.4, -0.2) is 101 Å². The first-order valence-corrected chi connectivity index (χ1v) is 11.7. The molecule has 0 unspecified atom stereocenters. The number of nitrogens with zero attached hydrogens (tertiary/aromatic N) is 3. The summed E-state index contributed by atoms with van der Waals surface area (Å²) < 4.78 is 51.8. The lowest BCUT2D eigenvalue weighted by atomic mass is 10.0. The molecule has 15 heteroatoms. The molecule has 3 aliphatic rings. The van der Waals surface area contributed by atoms with E-state index in [0.29, 0.717) is 10.6 Å². The summed E-state index contributed by atoms with van der Waals surface area (Å²) in [6, 6.07) is -3.85. The van der Waals surface area contributed by atoms with Crippen molar-refractivity contribution >= 4 is 24.0 Å². The maximum Gasteiger partial charge on any atom is 0.410 e. The van der Waals surface area contributed by atoms with E-state index in [1.807, 2.05) is 0 Å². The van der Waals surface area contributed by atoms with Crippen LogP contribution >= 0.6 is 0 Å². The number of nitrogens with one attached hydrogen (secondary N) is 1. The number of likely N-dealkylation sites (tertiary alicyclic amines) is 1. The standard InChI is InChI=1S/C22H31F3N4O8/c1-6-34-18(31)16(23)37-29-13-7-12(2)15(27(9-13)19(29)32)17(30)26-35-10-14-8-22(24,25)11-28(14)20(33)36-21(3,4)5/h7,13-16H,6,8-11H2,1-5H3,(H,26,30)/t13-,14+,15+,16-/m1/s1. The van der Waals surface area contributed by atoms with Crippen LogP contribution in [0.3, 0.4) is 0 Å². The predicted octanol–water partition coefficient (Wildman–Crippen LogP) is 1.90. The molecule has 2 bridgehead atoms. The highest BCUT2D eigenvalue weighted by atomic mass is 19.3. The summed E-state index contributed by atoms with van der Waals surface area (Å²) in [6.45, 7) is 6.42. The molecule has 4 amide bonds. The first-order chi connectivity index (χ1) is 17.1. The molecule has 0 aromatic rings. The van der Waals surface area contributed by atoms with Crippen molar-refractivity contribution in [3.8, 4) is 0 Å². The summed E-state index contributed by atoms with van der Waals surface area (Å²) in [5.41, 5.74) is 1.65. The van der Waals surface area contributed by atoms with Gasteiger partial charge in [0, 0.05) is 6.42 Å². The van der Waals surface area contributed by atoms with Crippen molar-refractivity contribution in [3.05, 3.63) is 11.6 Å². The normalized spacial score (nSPS) is 25.6. The highest BCUT2D eigenvalue weighted by Gasteiger charge is 2.50. The van der Waals surface area contributed by atoms with E-state index in [4.69, 9.17) is 14.4 Å². The van der Waals surface area contributed by atoms with E-state index in [1.165, 1.54) is 13.0 Å². The molecule has 0 spiro atoms. The topological polar surface area (TPSA) is 127 Å². The van der Waals surface area contributed by atoms with Crippen LogP contribution in [0.1, 0.15) is 41.0 Å². The number of alkyl halides is 3. The van der Waals surface area contributed by atoms with Gasteiger partial charge in [-0.3, -0.25) is 14.5 Å². The lowest BCUT2D eigenvalue weighted by Crippen LogP contribution is -2.51. The second-order valence-corrected chi connectivity index (χ2v) is 9.91. The molecule has 0 aromatic heterocycles. The summed E-state index contributed by atoms with van der Waals surface area (Å²) in [7, 11) is 0. The number of hydrogen-bond acceptors (Lipinski definition) is 8. The number of amides is 4. The van der Waals surface area contributed by atoms with E-state index in [2.05, 4.69) is 10.2 Å². The number of halogens is 3. The van der Waals surface area contributed by atoms with Crippen LogP contribution in [0.25, 0.3) is 0 Å². The van der Waals surface area contributed by atoms with Crippen molar-refractivity contribution in [3.63, 3.8) is 0 Å². The highest BCUT2D eigenvalue weighted by molar-refractivity contribution is 5.91. The number of ether oxygens (including phenoxy) is 2. The fourth-order valence-corrected chi connectivity index (χ4v) is 4.27. The Bertz CT molecular complexity index is 957. The Balaban J connectivity index is 1.59. The Labute approximate surface area is 211 Å². The first-order valence-electron chi connectivity index (χ1n) is 11.7. The molecule has 12 nitrogen and oxygen atoms in total. The van der Waals surface area contributed by atoms with Crippen molar-refractivity contribution in [1.82, 2.24) is 20.3 Å². The average Bonchev–Trinajstić information content (AvgIpc) is 3.21. The molecule has 2 saturated heterocycles. The average molecular weight is 537 g/mol. The lowest BCUT2D eigenvalue weighted by molar-refractivity contribution is -0.223. The Morgan fingerprint density at radius 1 is 1.27 bits per heavy atom. The number of urea groups is 1. The second kappa shape index (κ2) is 10.7. The van der Waals surface area contributed by atoms with Gasteiger partial charge in [0.05, 0.1) is 38.4 Å². The second-order valence-electron chi connectivity index (χ2n) is 9.91. The Kier molecular flexibility index (Phi) is 8.27. The van der Waals surface area contributed by atoms with Gasteiger partial charge >= 0.3 is 24.5 Å². The van der Waals surface area contributed by atoms with E-state index in [-0.39, 0.29) is 13.2 Å². The van der Waals surface area contributed by atoms with E-state index in [9.17, 15) is 32.3 Å². The Morgan fingerprint density at radius 3 is 2.57 bits per heavy atom. The third-order valence-corrected chi connectivity index (χ3v) is 5.70. The molecule has 2 fully saturated rings. The third-order valence-electron chi connectivity index (χ3n) is 5.70. The largest absolute Gasteiger partial charge is 0.462 e. The van der Waals surface area contributed by atoms with Gasteiger partial charge in [-0.15, -0.1) is 0 Å². The number of fused-ring (bicyclic) bond motifs is 2. The number of rotatable bonds is 8. The molecule has 4 atom stereocenters. The summed E-state index contributed by atoms with van der Waals surface area (Å²) in [4.78, 5) is 61.4. The molecule has 37 heavy (non-hydrogen) atoms.